The zero-order valence-corrected chi connectivity index (χ0v) is 14.8. The van der Waals surface area contributed by atoms with E-state index in [2.05, 4.69) is 0 Å². The number of benzene rings is 1. The molecule has 0 spiro atoms. The molecule has 1 aliphatic rings. The first-order chi connectivity index (χ1) is 11.3. The van der Waals surface area contributed by atoms with E-state index >= 15 is 0 Å². The van der Waals surface area contributed by atoms with Gasteiger partial charge in [0.2, 0.25) is 5.91 Å². The summed E-state index contributed by atoms with van der Waals surface area (Å²) in [4.78, 5) is 16.0. The van der Waals surface area contributed by atoms with Crippen molar-refractivity contribution >= 4 is 21.4 Å². The second-order valence-electron chi connectivity index (χ2n) is 5.97. The maximum absolute atomic E-state index is 13.0. The summed E-state index contributed by atoms with van der Waals surface area (Å²) in [6.45, 7) is 0.793. The monoisotopic (exact) mass is 358 g/mol. The highest BCUT2D eigenvalue weighted by molar-refractivity contribution is 7.91. The number of sulfone groups is 1. The van der Waals surface area contributed by atoms with Gasteiger partial charge in [-0.15, -0.1) is 0 Å². The minimum Gasteiger partial charge on any atom is -0.383 e. The predicted octanol–water partition coefficient (Wildman–Crippen LogP) is 0.924. The molecule has 0 N–H and O–H groups in total. The number of methoxy groups -OCH3 is 1. The Hall–Kier alpha value is -1.67. The molecule has 134 valence electrons. The van der Waals surface area contributed by atoms with Gasteiger partial charge in [-0.1, -0.05) is 0 Å². The molecule has 1 aromatic rings. The van der Waals surface area contributed by atoms with Crippen LogP contribution in [0.15, 0.2) is 24.3 Å². The van der Waals surface area contributed by atoms with Gasteiger partial charge in [0, 0.05) is 32.4 Å². The van der Waals surface area contributed by atoms with Gasteiger partial charge >= 0.3 is 0 Å². The van der Waals surface area contributed by atoms with E-state index < -0.39 is 9.84 Å². The maximum atomic E-state index is 13.0. The van der Waals surface area contributed by atoms with E-state index in [4.69, 9.17) is 4.74 Å². The van der Waals surface area contributed by atoms with E-state index in [1.54, 1.807) is 36.1 Å². The highest BCUT2D eigenvalue weighted by atomic mass is 32.2. The van der Waals surface area contributed by atoms with Crippen molar-refractivity contribution in [1.82, 2.24) is 4.90 Å². The third kappa shape index (κ3) is 4.91. The van der Waals surface area contributed by atoms with Gasteiger partial charge in [0.15, 0.2) is 9.84 Å². The molecule has 0 aliphatic carbocycles. The molecule has 1 aromatic carbocycles. The second-order valence-corrected chi connectivity index (χ2v) is 8.20. The van der Waals surface area contributed by atoms with Gasteiger partial charge in [-0.25, -0.2) is 12.8 Å². The molecule has 2 rings (SSSR count). The molecule has 0 saturated carbocycles. The molecule has 1 heterocycles. The van der Waals surface area contributed by atoms with E-state index in [1.807, 2.05) is 0 Å². The maximum Gasteiger partial charge on any atom is 0.242 e. The molecule has 24 heavy (non-hydrogen) atoms. The van der Waals surface area contributed by atoms with Crippen LogP contribution in [0.3, 0.4) is 0 Å². The average molecular weight is 358 g/mol. The van der Waals surface area contributed by atoms with Crippen LogP contribution < -0.4 is 4.90 Å². The lowest BCUT2D eigenvalue weighted by Crippen LogP contribution is -2.47. The van der Waals surface area contributed by atoms with Crippen LogP contribution in [-0.2, 0) is 19.4 Å². The lowest BCUT2D eigenvalue weighted by atomic mass is 10.2. The average Bonchev–Trinajstić information content (AvgIpc) is 2.88. The van der Waals surface area contributed by atoms with Crippen LogP contribution in [0.5, 0.6) is 0 Å². The zero-order chi connectivity index (χ0) is 17.7. The SMILES string of the molecule is COCCN(C(=O)CN(C)c1ccc(F)cc1)C1CCS(=O)(=O)C1. The van der Waals surface area contributed by atoms with Crippen molar-refractivity contribution in [3.63, 3.8) is 0 Å². The van der Waals surface area contributed by atoms with Crippen LogP contribution in [0.25, 0.3) is 0 Å². The lowest BCUT2D eigenvalue weighted by molar-refractivity contribution is -0.132. The van der Waals surface area contributed by atoms with E-state index in [1.165, 1.54) is 12.1 Å². The fraction of sp³-hybridized carbons (Fsp3) is 0.562. The molecule has 8 heteroatoms. The number of halogens is 1. The van der Waals surface area contributed by atoms with Crippen molar-refractivity contribution < 1.29 is 22.3 Å². The Bertz CT molecular complexity index is 663. The highest BCUT2D eigenvalue weighted by Gasteiger charge is 2.34. The van der Waals surface area contributed by atoms with Crippen LogP contribution in [-0.4, -0.2) is 70.6 Å². The molecule has 0 bridgehead atoms. The number of amides is 1. The number of hydrogen-bond acceptors (Lipinski definition) is 5. The molecule has 0 aromatic heterocycles. The fourth-order valence-corrected chi connectivity index (χ4v) is 4.53. The molecule has 1 fully saturated rings. The van der Waals surface area contributed by atoms with Crippen molar-refractivity contribution in [2.24, 2.45) is 0 Å². The zero-order valence-electron chi connectivity index (χ0n) is 13.9. The summed E-state index contributed by atoms with van der Waals surface area (Å²) < 4.78 is 41.4. The molecule has 1 aliphatic heterocycles. The molecule has 1 atom stereocenters. The number of ether oxygens (including phenoxy) is 1. The number of hydrogen-bond donors (Lipinski definition) is 0. The van der Waals surface area contributed by atoms with Crippen molar-refractivity contribution in [2.45, 2.75) is 12.5 Å². The Morgan fingerprint density at radius 3 is 2.54 bits per heavy atom. The van der Waals surface area contributed by atoms with Crippen LogP contribution >= 0.6 is 0 Å². The van der Waals surface area contributed by atoms with E-state index in [0.29, 0.717) is 19.6 Å². The smallest absolute Gasteiger partial charge is 0.242 e. The fourth-order valence-electron chi connectivity index (χ4n) is 2.80. The topological polar surface area (TPSA) is 66.9 Å². The number of rotatable bonds is 7. The van der Waals surface area contributed by atoms with E-state index in [0.717, 1.165) is 5.69 Å². The summed E-state index contributed by atoms with van der Waals surface area (Å²) in [7, 11) is 0.207. The molecule has 6 nitrogen and oxygen atoms in total. The number of anilines is 1. The third-order valence-electron chi connectivity index (χ3n) is 4.15. The van der Waals surface area contributed by atoms with Gasteiger partial charge in [-0.3, -0.25) is 4.79 Å². The molecular weight excluding hydrogens is 335 g/mol. The van der Waals surface area contributed by atoms with Crippen LogP contribution in [0.1, 0.15) is 6.42 Å². The van der Waals surface area contributed by atoms with Gasteiger partial charge in [0.1, 0.15) is 5.82 Å². The predicted molar refractivity (Wildman–Crippen MR) is 90.3 cm³/mol. The molecule has 1 unspecified atom stereocenters. The number of nitrogens with zero attached hydrogens (tertiary/aromatic N) is 2. The van der Waals surface area contributed by atoms with Crippen molar-refractivity contribution in [3.8, 4) is 0 Å². The van der Waals surface area contributed by atoms with E-state index in [-0.39, 0.29) is 35.8 Å². The van der Waals surface area contributed by atoms with Crippen molar-refractivity contribution in [2.75, 3.05) is 50.3 Å². The Balaban J connectivity index is 2.05. The second kappa shape index (κ2) is 7.94. The Morgan fingerprint density at radius 2 is 2.00 bits per heavy atom. The minimum absolute atomic E-state index is 0.00270. The largest absolute Gasteiger partial charge is 0.383 e. The van der Waals surface area contributed by atoms with Gasteiger partial charge < -0.3 is 14.5 Å². The Morgan fingerprint density at radius 1 is 1.33 bits per heavy atom. The number of likely N-dealkylation sites (N-methyl/N-ethyl adjacent to an activating group) is 1. The van der Waals surface area contributed by atoms with Gasteiger partial charge in [0.05, 0.1) is 24.7 Å². The standard InChI is InChI=1S/C16H23FN2O4S/c1-18(14-5-3-13(17)4-6-14)11-16(20)19(8-9-23-2)15-7-10-24(21,22)12-15/h3-6,15H,7-12H2,1-2H3. The summed E-state index contributed by atoms with van der Waals surface area (Å²) in [6, 6.07) is 5.56. The van der Waals surface area contributed by atoms with Crippen LogP contribution in [0.2, 0.25) is 0 Å². The molecular formula is C16H23FN2O4S. The molecule has 1 amide bonds. The summed E-state index contributed by atoms with van der Waals surface area (Å²) in [6.07, 6.45) is 0.456. The first-order valence-electron chi connectivity index (χ1n) is 7.78. The summed E-state index contributed by atoms with van der Waals surface area (Å²) in [5.74, 6) is -0.386. The lowest BCUT2D eigenvalue weighted by Gasteiger charge is -2.30. The number of carbonyl (C=O) groups is 1. The van der Waals surface area contributed by atoms with E-state index in [9.17, 15) is 17.6 Å². The first kappa shape index (κ1) is 18.7. The Kier molecular flexibility index (Phi) is 6.17. The molecule has 1 saturated heterocycles. The molecule has 0 radical (unpaired) electrons. The Labute approximate surface area is 142 Å². The van der Waals surface area contributed by atoms with Gasteiger partial charge in [-0.2, -0.15) is 0 Å². The first-order valence-corrected chi connectivity index (χ1v) is 9.60. The summed E-state index contributed by atoms with van der Waals surface area (Å²) >= 11 is 0. The normalized spacial score (nSPS) is 19.2. The van der Waals surface area contributed by atoms with Crippen LogP contribution in [0, 0.1) is 5.82 Å². The van der Waals surface area contributed by atoms with Crippen molar-refractivity contribution in [3.05, 3.63) is 30.1 Å². The van der Waals surface area contributed by atoms with Crippen LogP contribution in [0.4, 0.5) is 10.1 Å². The minimum atomic E-state index is -3.07. The summed E-state index contributed by atoms with van der Waals surface area (Å²) in [5, 5.41) is 0. The quantitative estimate of drug-likeness (QED) is 0.725. The van der Waals surface area contributed by atoms with Gasteiger partial charge in [0.25, 0.3) is 0 Å². The summed E-state index contributed by atoms with van der Waals surface area (Å²) in [5.41, 5.74) is 0.718. The number of carbonyl (C=O) groups excluding carboxylic acids is 1. The third-order valence-corrected chi connectivity index (χ3v) is 5.90. The van der Waals surface area contributed by atoms with Crippen molar-refractivity contribution in [1.29, 1.82) is 0 Å². The van der Waals surface area contributed by atoms with Gasteiger partial charge in [-0.05, 0) is 30.7 Å². The highest BCUT2D eigenvalue weighted by Crippen LogP contribution is 2.19.